The highest BCUT2D eigenvalue weighted by Crippen LogP contribution is 2.45. The zero-order valence-corrected chi connectivity index (χ0v) is 19.0. The molecule has 3 saturated heterocycles. The Balaban J connectivity index is 1.36. The monoisotopic (exact) mass is 476 g/mol. The number of hydrazine groups is 1. The van der Waals surface area contributed by atoms with Crippen molar-refractivity contribution in [3.8, 4) is 6.07 Å². The van der Waals surface area contributed by atoms with Gasteiger partial charge < -0.3 is 10.6 Å². The predicted octanol–water partition coefficient (Wildman–Crippen LogP) is 2.97. The zero-order chi connectivity index (χ0) is 23.9. The van der Waals surface area contributed by atoms with E-state index in [0.717, 1.165) is 32.1 Å². The molecule has 1 aromatic rings. The highest BCUT2D eigenvalue weighted by atomic mass is 19.4. The molecule has 4 unspecified atom stereocenters. The van der Waals surface area contributed by atoms with Crippen LogP contribution >= 0.6 is 0 Å². The van der Waals surface area contributed by atoms with Crippen molar-refractivity contribution in [1.29, 1.82) is 5.26 Å². The molecule has 6 atom stereocenters. The first-order valence-electron chi connectivity index (χ1n) is 12.2. The van der Waals surface area contributed by atoms with Crippen LogP contribution in [0.2, 0.25) is 0 Å². The van der Waals surface area contributed by atoms with Crippen molar-refractivity contribution in [3.05, 3.63) is 29.8 Å². The summed E-state index contributed by atoms with van der Waals surface area (Å²) in [6, 6.07) is 8.83. The second-order valence-electron chi connectivity index (χ2n) is 9.93. The molecular weight excluding hydrogens is 445 g/mol. The lowest BCUT2D eigenvalue weighted by molar-refractivity contribution is -0.207. The molecular formula is C24H31F3N6O. The van der Waals surface area contributed by atoms with Gasteiger partial charge >= 0.3 is 6.18 Å². The molecule has 0 radical (unpaired) electrons. The Bertz CT molecular complexity index is 940. The van der Waals surface area contributed by atoms with Crippen molar-refractivity contribution in [2.45, 2.75) is 74.9 Å². The third-order valence-corrected chi connectivity index (χ3v) is 8.05. The molecule has 0 aromatic heterocycles. The van der Waals surface area contributed by atoms with Crippen LogP contribution < -0.4 is 21.4 Å². The summed E-state index contributed by atoms with van der Waals surface area (Å²) in [4.78, 5) is 12.8. The summed E-state index contributed by atoms with van der Waals surface area (Å²) in [5.41, 5.74) is 2.29. The van der Waals surface area contributed by atoms with Crippen LogP contribution in [0.1, 0.15) is 50.5 Å². The number of hydrogen-bond donors (Lipinski definition) is 4. The van der Waals surface area contributed by atoms with Gasteiger partial charge in [0.1, 0.15) is 11.7 Å². The SMILES string of the molecule is N#C[C@H]1CCC[C@@H]1N1NC(Nc2ccc(C3(C(F)(F)F)CCCCN3)cc2)C2C(=O)NCCC21. The normalized spacial score (nSPS) is 36.5. The average molecular weight is 477 g/mol. The zero-order valence-electron chi connectivity index (χ0n) is 19.0. The maximum Gasteiger partial charge on any atom is 0.410 e. The Labute approximate surface area is 197 Å². The van der Waals surface area contributed by atoms with E-state index < -0.39 is 17.9 Å². The number of nitrogens with zero attached hydrogens (tertiary/aromatic N) is 2. The minimum atomic E-state index is -4.39. The lowest BCUT2D eigenvalue weighted by Gasteiger charge is -2.40. The van der Waals surface area contributed by atoms with Crippen LogP contribution in [0.5, 0.6) is 0 Å². The maximum atomic E-state index is 14.0. The van der Waals surface area contributed by atoms with E-state index in [1.807, 2.05) is 0 Å². The maximum absolute atomic E-state index is 14.0. The van der Waals surface area contributed by atoms with Crippen molar-refractivity contribution < 1.29 is 18.0 Å². The second-order valence-corrected chi connectivity index (χ2v) is 9.93. The molecule has 5 rings (SSSR count). The number of nitrogens with one attached hydrogen (secondary N) is 4. The van der Waals surface area contributed by atoms with Crippen LogP contribution in [0.4, 0.5) is 18.9 Å². The minimum Gasteiger partial charge on any atom is -0.368 e. The van der Waals surface area contributed by atoms with Crippen molar-refractivity contribution in [1.82, 2.24) is 21.1 Å². The van der Waals surface area contributed by atoms with Gasteiger partial charge in [0.05, 0.1) is 17.9 Å². The number of fused-ring (bicyclic) bond motifs is 1. The van der Waals surface area contributed by atoms with Crippen LogP contribution in [-0.2, 0) is 10.3 Å². The Morgan fingerprint density at radius 2 is 1.85 bits per heavy atom. The molecule has 4 fully saturated rings. The largest absolute Gasteiger partial charge is 0.410 e. The Kier molecular flexibility index (Phi) is 6.21. The van der Waals surface area contributed by atoms with Gasteiger partial charge in [-0.1, -0.05) is 18.6 Å². The van der Waals surface area contributed by atoms with Crippen molar-refractivity contribution >= 4 is 11.6 Å². The van der Waals surface area contributed by atoms with Crippen LogP contribution in [0.25, 0.3) is 0 Å². The van der Waals surface area contributed by atoms with Crippen LogP contribution in [0, 0.1) is 23.2 Å². The fraction of sp³-hybridized carbons (Fsp3) is 0.667. The van der Waals surface area contributed by atoms with E-state index in [2.05, 4.69) is 32.5 Å². The van der Waals surface area contributed by atoms with E-state index >= 15 is 0 Å². The molecule has 7 nitrogen and oxygen atoms in total. The van der Waals surface area contributed by atoms with Gasteiger partial charge in [0.25, 0.3) is 0 Å². The number of rotatable bonds is 4. The van der Waals surface area contributed by atoms with Gasteiger partial charge in [-0.15, -0.1) is 0 Å². The molecule has 1 aromatic carbocycles. The average Bonchev–Trinajstić information content (AvgIpc) is 3.44. The number of nitriles is 1. The number of benzene rings is 1. The molecule has 1 aliphatic carbocycles. The molecule has 4 N–H and O–H groups in total. The fourth-order valence-electron chi connectivity index (χ4n) is 6.31. The highest BCUT2D eigenvalue weighted by Gasteiger charge is 2.56. The van der Waals surface area contributed by atoms with E-state index in [9.17, 15) is 23.2 Å². The molecule has 0 spiro atoms. The van der Waals surface area contributed by atoms with E-state index in [0.29, 0.717) is 25.2 Å². The topological polar surface area (TPSA) is 92.2 Å². The summed E-state index contributed by atoms with van der Waals surface area (Å²) in [6.45, 7) is 0.931. The summed E-state index contributed by atoms with van der Waals surface area (Å²) in [5, 5.41) is 20.7. The van der Waals surface area contributed by atoms with Crippen molar-refractivity contribution in [2.75, 3.05) is 18.4 Å². The number of halogens is 3. The first-order chi connectivity index (χ1) is 16.3. The van der Waals surface area contributed by atoms with E-state index in [1.165, 1.54) is 12.1 Å². The quantitative estimate of drug-likeness (QED) is 0.534. The van der Waals surface area contributed by atoms with E-state index in [-0.39, 0.29) is 41.8 Å². The summed E-state index contributed by atoms with van der Waals surface area (Å²) >= 11 is 0. The van der Waals surface area contributed by atoms with Crippen molar-refractivity contribution in [2.24, 2.45) is 11.8 Å². The molecule has 1 saturated carbocycles. The lowest BCUT2D eigenvalue weighted by Crippen LogP contribution is -2.56. The van der Waals surface area contributed by atoms with Crippen LogP contribution in [0.3, 0.4) is 0 Å². The third-order valence-electron chi connectivity index (χ3n) is 8.05. The number of amides is 1. The number of piperidine rings is 2. The first-order valence-corrected chi connectivity index (χ1v) is 12.2. The van der Waals surface area contributed by atoms with Gasteiger partial charge in [-0.3, -0.25) is 10.1 Å². The number of anilines is 1. The molecule has 34 heavy (non-hydrogen) atoms. The fourth-order valence-corrected chi connectivity index (χ4v) is 6.31. The van der Waals surface area contributed by atoms with Gasteiger partial charge in [-0.05, 0) is 62.8 Å². The molecule has 4 aliphatic rings. The summed E-state index contributed by atoms with van der Waals surface area (Å²) < 4.78 is 42.1. The van der Waals surface area contributed by atoms with Gasteiger partial charge in [0.2, 0.25) is 5.91 Å². The smallest absolute Gasteiger partial charge is 0.368 e. The molecule has 3 heterocycles. The molecule has 184 valence electrons. The molecule has 1 amide bonds. The second kappa shape index (κ2) is 9.02. The van der Waals surface area contributed by atoms with Gasteiger partial charge in [0, 0.05) is 24.3 Å². The Morgan fingerprint density at radius 3 is 2.53 bits per heavy atom. The van der Waals surface area contributed by atoms with Crippen LogP contribution in [0.15, 0.2) is 24.3 Å². The van der Waals surface area contributed by atoms with E-state index in [1.54, 1.807) is 12.1 Å². The standard InChI is InChI=1S/C24H31F3N6O/c25-24(26,27)23(11-1-2-12-30-23)16-6-8-17(9-7-16)31-21-20-19(10-13-29-22(20)34)33(32-21)18-5-3-4-15(18)14-28/h6-9,15,18-21,30-32H,1-5,10-13H2,(H,29,34)/t15-,18+,19?,20?,21?,23?/m1/s1. The van der Waals surface area contributed by atoms with Crippen molar-refractivity contribution in [3.63, 3.8) is 0 Å². The summed E-state index contributed by atoms with van der Waals surface area (Å²) in [6.07, 6.45) is 0.0304. The highest BCUT2D eigenvalue weighted by molar-refractivity contribution is 5.82. The summed E-state index contributed by atoms with van der Waals surface area (Å²) in [5.74, 6) is -0.470. The Morgan fingerprint density at radius 1 is 1.06 bits per heavy atom. The first kappa shape index (κ1) is 23.4. The molecule has 3 aliphatic heterocycles. The van der Waals surface area contributed by atoms with Gasteiger partial charge in [-0.25, -0.2) is 10.4 Å². The minimum absolute atomic E-state index is 0.0216. The van der Waals surface area contributed by atoms with Crippen LogP contribution in [-0.4, -0.2) is 48.4 Å². The summed E-state index contributed by atoms with van der Waals surface area (Å²) in [7, 11) is 0. The number of alkyl halides is 3. The number of carbonyl (C=O) groups excluding carboxylic acids is 1. The number of carbonyl (C=O) groups is 1. The number of hydrogen-bond acceptors (Lipinski definition) is 6. The van der Waals surface area contributed by atoms with E-state index in [4.69, 9.17) is 0 Å². The third kappa shape index (κ3) is 3.93. The lowest BCUT2D eigenvalue weighted by atomic mass is 9.81. The van der Waals surface area contributed by atoms with Gasteiger partial charge in [0.15, 0.2) is 0 Å². The Hall–Kier alpha value is -2.35. The molecule has 0 bridgehead atoms. The van der Waals surface area contributed by atoms with Gasteiger partial charge in [-0.2, -0.15) is 18.4 Å². The molecule has 10 heteroatoms. The predicted molar refractivity (Wildman–Crippen MR) is 120 cm³/mol.